The van der Waals surface area contributed by atoms with Gasteiger partial charge >= 0.3 is 0 Å². The van der Waals surface area contributed by atoms with Crippen molar-refractivity contribution in [2.24, 2.45) is 0 Å². The molecule has 1 aromatic heterocycles. The van der Waals surface area contributed by atoms with E-state index in [1.54, 1.807) is 6.92 Å². The lowest BCUT2D eigenvalue weighted by molar-refractivity contribution is -0.00178. The molecule has 1 atom stereocenters. The van der Waals surface area contributed by atoms with E-state index in [0.717, 1.165) is 25.9 Å². The van der Waals surface area contributed by atoms with Crippen molar-refractivity contribution in [1.82, 2.24) is 4.98 Å². The van der Waals surface area contributed by atoms with Crippen LogP contribution in [0.15, 0.2) is 4.42 Å². The van der Waals surface area contributed by atoms with Gasteiger partial charge in [0.2, 0.25) is 5.89 Å². The minimum Gasteiger partial charge on any atom is -0.435 e. The first-order chi connectivity index (χ1) is 6.81. The van der Waals surface area contributed by atoms with Gasteiger partial charge in [0.1, 0.15) is 6.10 Å². The zero-order valence-corrected chi connectivity index (χ0v) is 8.16. The van der Waals surface area contributed by atoms with Gasteiger partial charge in [-0.3, -0.25) is 4.79 Å². The van der Waals surface area contributed by atoms with Crippen molar-refractivity contribution in [2.45, 2.75) is 32.3 Å². The number of carbonyl (C=O) groups is 1. The molecule has 0 N–H and O–H groups in total. The second-order valence-corrected chi connectivity index (χ2v) is 3.47. The Kier molecular flexibility index (Phi) is 2.63. The zero-order chi connectivity index (χ0) is 9.97. The van der Waals surface area contributed by atoms with E-state index in [-0.39, 0.29) is 6.10 Å². The molecule has 0 radical (unpaired) electrons. The topological polar surface area (TPSA) is 52.3 Å². The minimum atomic E-state index is -0.0591. The lowest BCUT2D eigenvalue weighted by atomic mass is 10.1. The molecule has 1 aliphatic heterocycles. The number of oxazole rings is 1. The van der Waals surface area contributed by atoms with Crippen molar-refractivity contribution in [2.75, 3.05) is 6.61 Å². The minimum absolute atomic E-state index is 0.0591. The van der Waals surface area contributed by atoms with Crippen LogP contribution < -0.4 is 0 Å². The first-order valence-corrected chi connectivity index (χ1v) is 4.85. The maximum absolute atomic E-state index is 10.5. The van der Waals surface area contributed by atoms with Crippen LogP contribution in [0.3, 0.4) is 0 Å². The number of hydrogen-bond acceptors (Lipinski definition) is 4. The smallest absolute Gasteiger partial charge is 0.224 e. The van der Waals surface area contributed by atoms with Crippen LogP contribution in [0.1, 0.15) is 47.5 Å². The number of carbonyl (C=O) groups excluding carboxylic acids is 1. The molecule has 76 valence electrons. The second kappa shape index (κ2) is 3.92. The Morgan fingerprint density at radius 2 is 2.36 bits per heavy atom. The van der Waals surface area contributed by atoms with Gasteiger partial charge < -0.3 is 9.15 Å². The molecule has 0 saturated carbocycles. The fourth-order valence-electron chi connectivity index (χ4n) is 1.61. The Morgan fingerprint density at radius 1 is 1.50 bits per heavy atom. The van der Waals surface area contributed by atoms with Gasteiger partial charge in [0.15, 0.2) is 12.0 Å². The number of aryl methyl sites for hydroxylation is 1. The molecule has 14 heavy (non-hydrogen) atoms. The first kappa shape index (κ1) is 9.40. The van der Waals surface area contributed by atoms with Crippen LogP contribution in [-0.2, 0) is 4.74 Å². The number of aldehydes is 1. The Balaban J connectivity index is 2.18. The fourth-order valence-corrected chi connectivity index (χ4v) is 1.61. The molecule has 0 aromatic carbocycles. The lowest BCUT2D eigenvalue weighted by Gasteiger charge is -2.19. The summed E-state index contributed by atoms with van der Waals surface area (Å²) in [5.41, 5.74) is 0.643. The van der Waals surface area contributed by atoms with Gasteiger partial charge in [0.25, 0.3) is 0 Å². The molecule has 4 heteroatoms. The molecule has 1 aromatic rings. The molecule has 0 spiro atoms. The van der Waals surface area contributed by atoms with Gasteiger partial charge in [0.05, 0.1) is 5.69 Å². The molecular weight excluding hydrogens is 182 g/mol. The molecule has 1 unspecified atom stereocenters. The predicted octanol–water partition coefficient (Wildman–Crippen LogP) is 2.04. The van der Waals surface area contributed by atoms with E-state index in [0.29, 0.717) is 23.6 Å². The zero-order valence-electron chi connectivity index (χ0n) is 8.16. The van der Waals surface area contributed by atoms with Crippen molar-refractivity contribution < 1.29 is 13.9 Å². The molecule has 0 amide bonds. The molecule has 2 rings (SSSR count). The average Bonchev–Trinajstić information content (AvgIpc) is 2.61. The van der Waals surface area contributed by atoms with E-state index in [9.17, 15) is 4.79 Å². The Morgan fingerprint density at radius 3 is 2.93 bits per heavy atom. The van der Waals surface area contributed by atoms with Crippen molar-refractivity contribution in [3.8, 4) is 0 Å². The number of aromatic nitrogens is 1. The highest BCUT2D eigenvalue weighted by atomic mass is 16.5. The van der Waals surface area contributed by atoms with Crippen LogP contribution in [0.2, 0.25) is 0 Å². The van der Waals surface area contributed by atoms with Crippen LogP contribution in [0.5, 0.6) is 0 Å². The normalized spacial score (nSPS) is 22.2. The number of rotatable bonds is 2. The van der Waals surface area contributed by atoms with Crippen LogP contribution in [0, 0.1) is 6.92 Å². The highest BCUT2D eigenvalue weighted by molar-refractivity contribution is 5.71. The molecule has 4 nitrogen and oxygen atoms in total. The van der Waals surface area contributed by atoms with Crippen molar-refractivity contribution in [1.29, 1.82) is 0 Å². The summed E-state index contributed by atoms with van der Waals surface area (Å²) in [6, 6.07) is 0. The Hall–Kier alpha value is -1.16. The number of ether oxygens (including phenoxy) is 1. The SMILES string of the molecule is Cc1nc(C2CCCCO2)oc1C=O. The highest BCUT2D eigenvalue weighted by Gasteiger charge is 2.22. The molecule has 1 aliphatic rings. The predicted molar refractivity (Wildman–Crippen MR) is 49.2 cm³/mol. The highest BCUT2D eigenvalue weighted by Crippen LogP contribution is 2.27. The van der Waals surface area contributed by atoms with Crippen molar-refractivity contribution >= 4 is 6.29 Å². The van der Waals surface area contributed by atoms with E-state index < -0.39 is 0 Å². The van der Waals surface area contributed by atoms with Gasteiger partial charge in [-0.15, -0.1) is 0 Å². The van der Waals surface area contributed by atoms with Crippen molar-refractivity contribution in [3.63, 3.8) is 0 Å². The van der Waals surface area contributed by atoms with E-state index >= 15 is 0 Å². The second-order valence-electron chi connectivity index (χ2n) is 3.47. The molecule has 1 fully saturated rings. The van der Waals surface area contributed by atoms with Gasteiger partial charge in [-0.2, -0.15) is 0 Å². The van der Waals surface area contributed by atoms with Gasteiger partial charge in [-0.1, -0.05) is 0 Å². The lowest BCUT2D eigenvalue weighted by Crippen LogP contribution is -2.11. The van der Waals surface area contributed by atoms with Crippen LogP contribution >= 0.6 is 0 Å². The van der Waals surface area contributed by atoms with E-state index in [4.69, 9.17) is 9.15 Å². The summed E-state index contributed by atoms with van der Waals surface area (Å²) in [6.45, 7) is 2.52. The summed E-state index contributed by atoms with van der Waals surface area (Å²) < 4.78 is 10.8. The van der Waals surface area contributed by atoms with Crippen molar-refractivity contribution in [3.05, 3.63) is 17.3 Å². The third-order valence-electron chi connectivity index (χ3n) is 2.41. The molecule has 0 aliphatic carbocycles. The Labute approximate surface area is 82.3 Å². The molecule has 0 bridgehead atoms. The van der Waals surface area contributed by atoms with Gasteiger partial charge in [0, 0.05) is 6.61 Å². The van der Waals surface area contributed by atoms with Crippen LogP contribution in [0.25, 0.3) is 0 Å². The summed E-state index contributed by atoms with van der Waals surface area (Å²) in [4.78, 5) is 14.7. The van der Waals surface area contributed by atoms with E-state index in [1.165, 1.54) is 0 Å². The quantitative estimate of drug-likeness (QED) is 0.677. The summed E-state index contributed by atoms with van der Waals surface area (Å²) in [5.74, 6) is 0.860. The summed E-state index contributed by atoms with van der Waals surface area (Å²) in [6.07, 6.45) is 3.78. The number of nitrogens with zero attached hydrogens (tertiary/aromatic N) is 1. The third-order valence-corrected chi connectivity index (χ3v) is 2.41. The number of hydrogen-bond donors (Lipinski definition) is 0. The van der Waals surface area contributed by atoms with E-state index in [2.05, 4.69) is 4.98 Å². The summed E-state index contributed by atoms with van der Waals surface area (Å²) in [5, 5.41) is 0. The maximum atomic E-state index is 10.5. The van der Waals surface area contributed by atoms with Gasteiger partial charge in [-0.05, 0) is 26.2 Å². The van der Waals surface area contributed by atoms with Crippen LogP contribution in [-0.4, -0.2) is 17.9 Å². The standard InChI is InChI=1S/C10H13NO3/c1-7-9(6-12)14-10(11-7)8-4-2-3-5-13-8/h6,8H,2-5H2,1H3. The molecule has 1 saturated heterocycles. The first-order valence-electron chi connectivity index (χ1n) is 4.85. The summed E-state index contributed by atoms with van der Waals surface area (Å²) in [7, 11) is 0. The fraction of sp³-hybridized carbons (Fsp3) is 0.600. The molecule has 2 heterocycles. The van der Waals surface area contributed by atoms with E-state index in [1.807, 2.05) is 0 Å². The monoisotopic (exact) mass is 195 g/mol. The average molecular weight is 195 g/mol. The third kappa shape index (κ3) is 1.70. The van der Waals surface area contributed by atoms with Crippen LogP contribution in [0.4, 0.5) is 0 Å². The maximum Gasteiger partial charge on any atom is 0.224 e. The van der Waals surface area contributed by atoms with Gasteiger partial charge in [-0.25, -0.2) is 4.98 Å². The summed E-state index contributed by atoms with van der Waals surface area (Å²) >= 11 is 0. The molecular formula is C10H13NO3. The Bertz CT molecular complexity index is 326. The largest absolute Gasteiger partial charge is 0.435 e.